The number of imide groups is 1. The standard InChI is InChI=1S/C23H17N3O4S3/c27-21-17-4-1-2-5-18(17)22(28)26(21)12-11-15-7-9-16(10-8-15)33(29,30)25-23-24-19(14-32-23)20-6-3-13-31-20/h1-10,13-14H,11-12H2,(H,24,25). The highest BCUT2D eigenvalue weighted by atomic mass is 32.2. The van der Waals surface area contributed by atoms with Crippen LogP contribution in [0.1, 0.15) is 26.3 Å². The van der Waals surface area contributed by atoms with Gasteiger partial charge in [0.1, 0.15) is 0 Å². The lowest BCUT2D eigenvalue weighted by atomic mass is 10.1. The molecular weight excluding hydrogens is 478 g/mol. The number of rotatable bonds is 7. The van der Waals surface area contributed by atoms with Gasteiger partial charge < -0.3 is 0 Å². The van der Waals surface area contributed by atoms with Crippen LogP contribution in [0.4, 0.5) is 5.13 Å². The van der Waals surface area contributed by atoms with Crippen LogP contribution in [0.2, 0.25) is 0 Å². The Hall–Kier alpha value is -3.34. The number of fused-ring (bicyclic) bond motifs is 1. The maximum Gasteiger partial charge on any atom is 0.263 e. The lowest BCUT2D eigenvalue weighted by molar-refractivity contribution is 0.0656. The third-order valence-electron chi connectivity index (χ3n) is 5.24. The maximum absolute atomic E-state index is 12.7. The van der Waals surface area contributed by atoms with Crippen molar-refractivity contribution < 1.29 is 18.0 Å². The summed E-state index contributed by atoms with van der Waals surface area (Å²) in [6, 6.07) is 17.0. The predicted octanol–water partition coefficient (Wildman–Crippen LogP) is 4.51. The summed E-state index contributed by atoms with van der Waals surface area (Å²) < 4.78 is 28.0. The molecule has 0 bridgehead atoms. The first kappa shape index (κ1) is 21.5. The topological polar surface area (TPSA) is 96.4 Å². The molecular formula is C23H17N3O4S3. The zero-order chi connectivity index (χ0) is 23.0. The van der Waals surface area contributed by atoms with E-state index >= 15 is 0 Å². The number of thiazole rings is 1. The number of nitrogens with zero attached hydrogens (tertiary/aromatic N) is 2. The lowest BCUT2D eigenvalue weighted by Gasteiger charge is -2.14. The molecule has 4 aromatic rings. The minimum absolute atomic E-state index is 0.111. The highest BCUT2D eigenvalue weighted by Gasteiger charge is 2.34. The van der Waals surface area contributed by atoms with Crippen molar-refractivity contribution in [2.24, 2.45) is 0 Å². The monoisotopic (exact) mass is 495 g/mol. The van der Waals surface area contributed by atoms with Gasteiger partial charge in [0.2, 0.25) is 0 Å². The number of carbonyl (C=O) groups is 2. The van der Waals surface area contributed by atoms with Crippen LogP contribution in [0, 0.1) is 0 Å². The number of hydrogen-bond acceptors (Lipinski definition) is 7. The van der Waals surface area contributed by atoms with Crippen molar-refractivity contribution in [2.45, 2.75) is 11.3 Å². The van der Waals surface area contributed by atoms with Crippen LogP contribution >= 0.6 is 22.7 Å². The zero-order valence-electron chi connectivity index (χ0n) is 17.1. The fourth-order valence-corrected chi connectivity index (χ4v) is 6.27. The van der Waals surface area contributed by atoms with Crippen LogP contribution in [0.5, 0.6) is 0 Å². The number of aromatic nitrogens is 1. The lowest BCUT2D eigenvalue weighted by Crippen LogP contribution is -2.31. The van der Waals surface area contributed by atoms with Gasteiger partial charge in [-0.05, 0) is 47.7 Å². The van der Waals surface area contributed by atoms with Crippen LogP contribution in [-0.2, 0) is 16.4 Å². The van der Waals surface area contributed by atoms with E-state index in [1.165, 1.54) is 39.7 Å². The van der Waals surface area contributed by atoms with E-state index < -0.39 is 10.0 Å². The summed E-state index contributed by atoms with van der Waals surface area (Å²) in [4.78, 5) is 31.6. The van der Waals surface area contributed by atoms with E-state index in [2.05, 4.69) is 9.71 Å². The van der Waals surface area contributed by atoms with E-state index in [1.807, 2.05) is 22.9 Å². The molecule has 0 fully saturated rings. The minimum atomic E-state index is -3.79. The fourth-order valence-electron chi connectivity index (χ4n) is 3.55. The number of nitrogens with one attached hydrogen (secondary N) is 1. The molecule has 1 aliphatic heterocycles. The van der Waals surface area contributed by atoms with Gasteiger partial charge in [0, 0.05) is 11.9 Å². The van der Waals surface area contributed by atoms with Crippen molar-refractivity contribution in [3.8, 4) is 10.6 Å². The molecule has 0 saturated heterocycles. The molecule has 0 saturated carbocycles. The Labute approximate surface area is 198 Å². The summed E-state index contributed by atoms with van der Waals surface area (Å²) >= 11 is 2.76. The first-order valence-corrected chi connectivity index (χ1v) is 13.2. The molecule has 0 spiro atoms. The Morgan fingerprint density at radius 3 is 2.21 bits per heavy atom. The molecule has 5 rings (SSSR count). The number of amides is 2. The molecule has 10 heteroatoms. The van der Waals surface area contributed by atoms with Crippen molar-refractivity contribution in [1.29, 1.82) is 0 Å². The van der Waals surface area contributed by atoms with Gasteiger partial charge in [-0.25, -0.2) is 13.4 Å². The maximum atomic E-state index is 12.7. The Balaban J connectivity index is 1.24. The molecule has 1 N–H and O–H groups in total. The molecule has 2 amide bonds. The van der Waals surface area contributed by atoms with Crippen LogP contribution in [0.3, 0.4) is 0 Å². The highest BCUT2D eigenvalue weighted by molar-refractivity contribution is 7.93. The Morgan fingerprint density at radius 1 is 0.879 bits per heavy atom. The largest absolute Gasteiger partial charge is 0.274 e. The number of carbonyl (C=O) groups excluding carboxylic acids is 2. The molecule has 0 unspecified atom stereocenters. The van der Waals surface area contributed by atoms with Gasteiger partial charge >= 0.3 is 0 Å². The fraction of sp³-hybridized carbons (Fsp3) is 0.0870. The summed E-state index contributed by atoms with van der Waals surface area (Å²) in [5, 5.41) is 4.05. The molecule has 2 aromatic heterocycles. The Morgan fingerprint density at radius 2 is 1.58 bits per heavy atom. The third kappa shape index (κ3) is 4.20. The van der Waals surface area contributed by atoms with E-state index in [-0.39, 0.29) is 23.3 Å². The molecule has 1 aliphatic rings. The molecule has 0 atom stereocenters. The van der Waals surface area contributed by atoms with Gasteiger partial charge in [-0.3, -0.25) is 19.2 Å². The summed E-state index contributed by atoms with van der Waals surface area (Å²) in [5.74, 6) is -0.603. The average molecular weight is 496 g/mol. The molecule has 7 nitrogen and oxygen atoms in total. The highest BCUT2D eigenvalue weighted by Crippen LogP contribution is 2.29. The van der Waals surface area contributed by atoms with E-state index in [4.69, 9.17) is 0 Å². The second kappa shape index (κ2) is 8.54. The van der Waals surface area contributed by atoms with Gasteiger partial charge in [-0.15, -0.1) is 22.7 Å². The second-order valence-corrected chi connectivity index (χ2v) is 10.8. The van der Waals surface area contributed by atoms with Crippen molar-refractivity contribution in [1.82, 2.24) is 9.88 Å². The van der Waals surface area contributed by atoms with Crippen molar-refractivity contribution in [3.05, 3.63) is 88.1 Å². The predicted molar refractivity (Wildman–Crippen MR) is 128 cm³/mol. The molecule has 3 heterocycles. The SMILES string of the molecule is O=C1c2ccccc2C(=O)N1CCc1ccc(S(=O)(=O)Nc2nc(-c3cccs3)cs2)cc1. The number of thiophene rings is 1. The van der Waals surface area contributed by atoms with E-state index in [0.717, 1.165) is 16.1 Å². The van der Waals surface area contributed by atoms with Crippen molar-refractivity contribution in [3.63, 3.8) is 0 Å². The Kier molecular flexibility index (Phi) is 5.57. The summed E-state index contributed by atoms with van der Waals surface area (Å²) in [7, 11) is -3.79. The molecule has 33 heavy (non-hydrogen) atoms. The molecule has 2 aromatic carbocycles. The smallest absolute Gasteiger partial charge is 0.263 e. The van der Waals surface area contributed by atoms with Crippen LogP contribution in [0.15, 0.2) is 76.3 Å². The van der Waals surface area contributed by atoms with Crippen LogP contribution < -0.4 is 4.72 Å². The summed E-state index contributed by atoms with van der Waals surface area (Å²) in [6.45, 7) is 0.224. The van der Waals surface area contributed by atoms with Gasteiger partial charge in [-0.1, -0.05) is 30.3 Å². The van der Waals surface area contributed by atoms with Gasteiger partial charge in [0.15, 0.2) is 5.13 Å². The van der Waals surface area contributed by atoms with Crippen molar-refractivity contribution in [2.75, 3.05) is 11.3 Å². The summed E-state index contributed by atoms with van der Waals surface area (Å²) in [5.41, 5.74) is 2.38. The number of sulfonamides is 1. The van der Waals surface area contributed by atoms with Gasteiger partial charge in [-0.2, -0.15) is 0 Å². The average Bonchev–Trinajstić information content (AvgIpc) is 3.55. The summed E-state index contributed by atoms with van der Waals surface area (Å²) in [6.07, 6.45) is 0.426. The zero-order valence-corrected chi connectivity index (χ0v) is 19.5. The van der Waals surface area contributed by atoms with E-state index in [1.54, 1.807) is 36.4 Å². The van der Waals surface area contributed by atoms with E-state index in [0.29, 0.717) is 22.7 Å². The first-order valence-electron chi connectivity index (χ1n) is 9.99. The van der Waals surface area contributed by atoms with Crippen LogP contribution in [-0.4, -0.2) is 36.7 Å². The first-order chi connectivity index (χ1) is 15.9. The normalized spacial score (nSPS) is 13.4. The molecule has 0 radical (unpaired) electrons. The molecule has 166 valence electrons. The minimum Gasteiger partial charge on any atom is -0.274 e. The van der Waals surface area contributed by atoms with Crippen LogP contribution in [0.25, 0.3) is 10.6 Å². The number of anilines is 1. The second-order valence-electron chi connectivity index (χ2n) is 7.32. The van der Waals surface area contributed by atoms with Crippen molar-refractivity contribution >= 4 is 49.6 Å². The Bertz CT molecular complexity index is 1410. The van der Waals surface area contributed by atoms with Gasteiger partial charge in [0.05, 0.1) is 26.6 Å². The van der Waals surface area contributed by atoms with E-state index in [9.17, 15) is 18.0 Å². The number of benzene rings is 2. The number of hydrogen-bond donors (Lipinski definition) is 1. The quantitative estimate of drug-likeness (QED) is 0.381. The third-order valence-corrected chi connectivity index (χ3v) is 8.37. The molecule has 0 aliphatic carbocycles. The van der Waals surface area contributed by atoms with Gasteiger partial charge in [0.25, 0.3) is 21.8 Å².